The highest BCUT2D eigenvalue weighted by Crippen LogP contribution is 2.03. The molecule has 0 saturated carbocycles. The van der Waals surface area contributed by atoms with Gasteiger partial charge in [0, 0.05) is 0 Å². The smallest absolute Gasteiger partial charge is 0.240 e. The first kappa shape index (κ1) is 9.94. The van der Waals surface area contributed by atoms with Crippen LogP contribution in [0.4, 0.5) is 0 Å². The van der Waals surface area contributed by atoms with E-state index < -0.39 is 11.9 Å². The van der Waals surface area contributed by atoms with E-state index in [2.05, 4.69) is 5.32 Å². The minimum atomic E-state index is -0.521. The Morgan fingerprint density at radius 1 is 1.64 bits per heavy atom. The number of nitrogens with two attached hydrogens (primary N) is 1. The summed E-state index contributed by atoms with van der Waals surface area (Å²) in [7, 11) is 0. The molecule has 0 radical (unpaired) electrons. The average Bonchev–Trinajstić information content (AvgIpc) is 1.86. The van der Waals surface area contributed by atoms with E-state index in [-0.39, 0.29) is 0 Å². The molecule has 0 saturated heterocycles. The summed E-state index contributed by atoms with van der Waals surface area (Å²) in [5.41, 5.74) is 5.01. The van der Waals surface area contributed by atoms with Crippen molar-refractivity contribution in [2.75, 3.05) is 0 Å². The largest absolute Gasteiger partial charge is 0.368 e. The Labute approximate surface area is 66.1 Å². The summed E-state index contributed by atoms with van der Waals surface area (Å²) in [4.78, 5) is 20.6. The van der Waals surface area contributed by atoms with Crippen molar-refractivity contribution in [3.05, 3.63) is 0 Å². The summed E-state index contributed by atoms with van der Waals surface area (Å²) < 4.78 is 0. The number of carbonyl (C=O) groups excluding carboxylic acids is 2. The third-order valence-electron chi connectivity index (χ3n) is 1.32. The van der Waals surface area contributed by atoms with Crippen molar-refractivity contribution in [1.82, 2.24) is 5.32 Å². The molecule has 0 aliphatic carbocycles. The normalized spacial score (nSPS) is 12.6. The van der Waals surface area contributed by atoms with Gasteiger partial charge in [0.05, 0.1) is 0 Å². The number of rotatable bonds is 5. The molecule has 0 aromatic carbocycles. The van der Waals surface area contributed by atoms with E-state index in [0.29, 0.717) is 18.7 Å². The summed E-state index contributed by atoms with van der Waals surface area (Å²) in [5.74, 6) is -0.134. The molecule has 0 spiro atoms. The second kappa shape index (κ2) is 4.71. The quantitative estimate of drug-likeness (QED) is 0.536. The first-order chi connectivity index (χ1) is 5.07. The van der Waals surface area contributed by atoms with Crippen LogP contribution in [0.5, 0.6) is 0 Å². The monoisotopic (exact) mass is 158 g/mol. The first-order valence-corrected chi connectivity index (χ1v) is 3.57. The lowest BCUT2D eigenvalue weighted by Crippen LogP contribution is -2.41. The van der Waals surface area contributed by atoms with Gasteiger partial charge in [-0.05, 0) is 12.3 Å². The maximum Gasteiger partial charge on any atom is 0.240 e. The van der Waals surface area contributed by atoms with Crippen molar-refractivity contribution in [1.29, 1.82) is 0 Å². The van der Waals surface area contributed by atoms with Gasteiger partial charge in [-0.25, -0.2) is 0 Å². The van der Waals surface area contributed by atoms with Crippen LogP contribution in [0.1, 0.15) is 20.3 Å². The van der Waals surface area contributed by atoms with Gasteiger partial charge in [-0.15, -0.1) is 0 Å². The zero-order valence-corrected chi connectivity index (χ0v) is 6.83. The second-order valence-electron chi connectivity index (χ2n) is 2.87. The lowest BCUT2D eigenvalue weighted by molar-refractivity contribution is -0.123. The van der Waals surface area contributed by atoms with Gasteiger partial charge in [-0.1, -0.05) is 13.8 Å². The van der Waals surface area contributed by atoms with Gasteiger partial charge >= 0.3 is 0 Å². The van der Waals surface area contributed by atoms with Gasteiger partial charge in [-0.2, -0.15) is 0 Å². The Bertz CT molecular complexity index is 145. The van der Waals surface area contributed by atoms with Crippen molar-refractivity contribution < 1.29 is 9.59 Å². The van der Waals surface area contributed by atoms with Crippen molar-refractivity contribution in [2.45, 2.75) is 26.3 Å². The van der Waals surface area contributed by atoms with Crippen LogP contribution in [0.25, 0.3) is 0 Å². The number of hydrogen-bond acceptors (Lipinski definition) is 2. The Morgan fingerprint density at radius 2 is 2.18 bits per heavy atom. The van der Waals surface area contributed by atoms with Crippen molar-refractivity contribution >= 4 is 12.3 Å². The van der Waals surface area contributed by atoms with Crippen LogP contribution in [-0.4, -0.2) is 18.4 Å². The van der Waals surface area contributed by atoms with Crippen molar-refractivity contribution in [2.24, 2.45) is 11.7 Å². The molecule has 0 aliphatic rings. The molecule has 0 bridgehead atoms. The van der Waals surface area contributed by atoms with E-state index >= 15 is 0 Å². The molecule has 1 unspecified atom stereocenters. The van der Waals surface area contributed by atoms with Crippen LogP contribution < -0.4 is 11.1 Å². The molecule has 0 aromatic rings. The Hall–Kier alpha value is -1.06. The number of primary amides is 1. The van der Waals surface area contributed by atoms with E-state index in [1.54, 1.807) is 0 Å². The summed E-state index contributed by atoms with van der Waals surface area (Å²) >= 11 is 0. The van der Waals surface area contributed by atoms with Gasteiger partial charge in [-0.3, -0.25) is 9.59 Å². The Kier molecular flexibility index (Phi) is 4.26. The van der Waals surface area contributed by atoms with Gasteiger partial charge < -0.3 is 11.1 Å². The topological polar surface area (TPSA) is 72.2 Å². The highest BCUT2D eigenvalue weighted by Gasteiger charge is 2.14. The van der Waals surface area contributed by atoms with Crippen molar-refractivity contribution in [3.63, 3.8) is 0 Å². The van der Waals surface area contributed by atoms with E-state index in [0.717, 1.165) is 0 Å². The lowest BCUT2D eigenvalue weighted by atomic mass is 10.0. The van der Waals surface area contributed by atoms with E-state index in [1.165, 1.54) is 0 Å². The van der Waals surface area contributed by atoms with Gasteiger partial charge in [0.15, 0.2) is 0 Å². The molecule has 0 aromatic heterocycles. The predicted molar refractivity (Wildman–Crippen MR) is 41.6 cm³/mol. The molecule has 0 rings (SSSR count). The molecule has 4 nitrogen and oxygen atoms in total. The fraction of sp³-hybridized carbons (Fsp3) is 0.714. The molecule has 64 valence electrons. The van der Waals surface area contributed by atoms with E-state index in [1.807, 2.05) is 13.8 Å². The molecule has 3 N–H and O–H groups in total. The summed E-state index contributed by atoms with van der Waals surface area (Å²) in [6, 6.07) is -0.521. The minimum absolute atomic E-state index is 0.347. The van der Waals surface area contributed by atoms with Crippen LogP contribution in [0, 0.1) is 5.92 Å². The summed E-state index contributed by atoms with van der Waals surface area (Å²) in [6.07, 6.45) is 1.09. The molecule has 2 amide bonds. The number of carbonyl (C=O) groups is 2. The van der Waals surface area contributed by atoms with Crippen LogP contribution in [-0.2, 0) is 9.59 Å². The molecule has 0 fully saturated rings. The third kappa shape index (κ3) is 4.36. The lowest BCUT2D eigenvalue weighted by Gasteiger charge is -2.13. The number of hydrogen-bond donors (Lipinski definition) is 2. The Morgan fingerprint density at radius 3 is 2.45 bits per heavy atom. The molecule has 1 atom stereocenters. The third-order valence-corrected chi connectivity index (χ3v) is 1.32. The van der Waals surface area contributed by atoms with E-state index in [9.17, 15) is 9.59 Å². The maximum atomic E-state index is 10.6. The highest BCUT2D eigenvalue weighted by atomic mass is 16.2. The fourth-order valence-electron chi connectivity index (χ4n) is 0.820. The fourth-order valence-corrected chi connectivity index (χ4v) is 0.820. The van der Waals surface area contributed by atoms with Gasteiger partial charge in [0.2, 0.25) is 12.3 Å². The molecular formula is C7H14N2O2. The van der Waals surface area contributed by atoms with Gasteiger partial charge in [0.25, 0.3) is 0 Å². The SMILES string of the molecule is CC(C)CC(NC=O)C(N)=O. The number of nitrogens with one attached hydrogen (secondary N) is 1. The molecular weight excluding hydrogens is 144 g/mol. The zero-order valence-electron chi connectivity index (χ0n) is 6.83. The Balaban J connectivity index is 3.88. The second-order valence-corrected chi connectivity index (χ2v) is 2.87. The zero-order chi connectivity index (χ0) is 8.85. The van der Waals surface area contributed by atoms with Crippen LogP contribution >= 0.6 is 0 Å². The minimum Gasteiger partial charge on any atom is -0.368 e. The summed E-state index contributed by atoms with van der Waals surface area (Å²) in [6.45, 7) is 3.92. The molecule has 0 heterocycles. The highest BCUT2D eigenvalue weighted by molar-refractivity contribution is 5.81. The average molecular weight is 158 g/mol. The summed E-state index contributed by atoms with van der Waals surface area (Å²) in [5, 5.41) is 2.36. The van der Waals surface area contributed by atoms with E-state index in [4.69, 9.17) is 5.73 Å². The molecule has 4 heteroatoms. The van der Waals surface area contributed by atoms with Crippen LogP contribution in [0.2, 0.25) is 0 Å². The molecule has 11 heavy (non-hydrogen) atoms. The molecule has 0 aliphatic heterocycles. The maximum absolute atomic E-state index is 10.6. The first-order valence-electron chi connectivity index (χ1n) is 3.57. The van der Waals surface area contributed by atoms with Crippen LogP contribution in [0.3, 0.4) is 0 Å². The number of amides is 2. The predicted octanol–water partition coefficient (Wildman–Crippen LogP) is -0.368. The van der Waals surface area contributed by atoms with Gasteiger partial charge in [0.1, 0.15) is 6.04 Å². The van der Waals surface area contributed by atoms with Crippen LogP contribution in [0.15, 0.2) is 0 Å². The standard InChI is InChI=1S/C7H14N2O2/c1-5(2)3-6(7(8)11)9-4-10/h4-6H,3H2,1-2H3,(H2,8,11)(H,9,10). The van der Waals surface area contributed by atoms with Crippen molar-refractivity contribution in [3.8, 4) is 0 Å².